The minimum atomic E-state index is -0.536. The minimum absolute atomic E-state index is 0.00412. The van der Waals surface area contributed by atoms with E-state index in [4.69, 9.17) is 9.57 Å². The van der Waals surface area contributed by atoms with Crippen molar-refractivity contribution in [3.05, 3.63) is 41.2 Å². The Morgan fingerprint density at radius 3 is 2.77 bits per heavy atom. The highest BCUT2D eigenvalue weighted by Crippen LogP contribution is 2.42. The molecule has 0 amide bonds. The summed E-state index contributed by atoms with van der Waals surface area (Å²) in [7, 11) is 1.51. The van der Waals surface area contributed by atoms with Crippen LogP contribution in [-0.2, 0) is 9.57 Å². The summed E-state index contributed by atoms with van der Waals surface area (Å²) in [5.74, 6) is -0.262. The van der Waals surface area contributed by atoms with Gasteiger partial charge in [0.1, 0.15) is 19.0 Å². The van der Waals surface area contributed by atoms with Gasteiger partial charge >= 0.3 is 0 Å². The zero-order valence-corrected chi connectivity index (χ0v) is 12.8. The van der Waals surface area contributed by atoms with Crippen LogP contribution in [0.15, 0.2) is 35.0 Å². The number of nitrogens with zero attached hydrogens (tertiary/aromatic N) is 1. The van der Waals surface area contributed by atoms with Crippen molar-refractivity contribution >= 4 is 11.3 Å². The molecule has 1 aromatic carbocycles. The molecule has 22 heavy (non-hydrogen) atoms. The quantitative estimate of drug-likeness (QED) is 0.687. The van der Waals surface area contributed by atoms with Crippen molar-refractivity contribution in [1.29, 1.82) is 0 Å². The minimum Gasteiger partial charge on any atom is -0.399 e. The van der Waals surface area contributed by atoms with Gasteiger partial charge < -0.3 is 14.7 Å². The second kappa shape index (κ2) is 6.18. The summed E-state index contributed by atoms with van der Waals surface area (Å²) in [6.45, 7) is 1.99. The van der Waals surface area contributed by atoms with Crippen molar-refractivity contribution in [2.24, 2.45) is 5.16 Å². The lowest BCUT2D eigenvalue weighted by atomic mass is 9.88. The molecule has 118 valence electrons. The molecule has 0 saturated carbocycles. The first-order chi connectivity index (χ1) is 10.6. The summed E-state index contributed by atoms with van der Waals surface area (Å²) in [5.41, 5.74) is 3.67. The van der Waals surface area contributed by atoms with Crippen LogP contribution in [0.5, 0.6) is 0 Å². The third-order valence-electron chi connectivity index (χ3n) is 4.27. The zero-order valence-electron chi connectivity index (χ0n) is 12.8. The molecule has 2 heterocycles. The number of aliphatic hydroxyl groups excluding tert-OH is 1. The van der Waals surface area contributed by atoms with Crippen molar-refractivity contribution < 1.29 is 19.1 Å². The van der Waals surface area contributed by atoms with Crippen LogP contribution in [0.3, 0.4) is 0 Å². The van der Waals surface area contributed by atoms with E-state index in [0.29, 0.717) is 19.3 Å². The predicted molar refractivity (Wildman–Crippen MR) is 82.0 cm³/mol. The molecule has 1 saturated heterocycles. The maximum absolute atomic E-state index is 13.2. The molecule has 3 rings (SSSR count). The van der Waals surface area contributed by atoms with Gasteiger partial charge in [0, 0.05) is 12.0 Å². The van der Waals surface area contributed by atoms with Gasteiger partial charge in [-0.1, -0.05) is 24.2 Å². The van der Waals surface area contributed by atoms with E-state index in [0.717, 1.165) is 22.4 Å². The summed E-state index contributed by atoms with van der Waals surface area (Å²) >= 11 is 0. The molecule has 2 bridgehead atoms. The SMILES string of the molecule is CCC(=NOC)C1=C(c2ccc(F)cc2)CC2CC(O)C1O2. The lowest BCUT2D eigenvalue weighted by Crippen LogP contribution is -2.31. The second-order valence-corrected chi connectivity index (χ2v) is 5.66. The Morgan fingerprint density at radius 2 is 2.14 bits per heavy atom. The Bertz CT molecular complexity index is 609. The molecule has 2 aliphatic rings. The third kappa shape index (κ3) is 2.66. The summed E-state index contributed by atoms with van der Waals surface area (Å²) in [4.78, 5) is 4.95. The summed E-state index contributed by atoms with van der Waals surface area (Å²) < 4.78 is 19.1. The van der Waals surface area contributed by atoms with Crippen molar-refractivity contribution in [3.8, 4) is 0 Å². The third-order valence-corrected chi connectivity index (χ3v) is 4.27. The topological polar surface area (TPSA) is 51.0 Å². The molecule has 1 aromatic rings. The van der Waals surface area contributed by atoms with Gasteiger partial charge in [0.2, 0.25) is 0 Å². The Hall–Kier alpha value is -1.72. The van der Waals surface area contributed by atoms with Crippen LogP contribution in [0.25, 0.3) is 5.57 Å². The molecule has 5 heteroatoms. The number of benzene rings is 1. The van der Waals surface area contributed by atoms with Crippen molar-refractivity contribution in [3.63, 3.8) is 0 Å². The molecular weight excluding hydrogens is 285 g/mol. The van der Waals surface area contributed by atoms with Gasteiger partial charge in [-0.2, -0.15) is 0 Å². The molecular formula is C17H20FNO3. The molecule has 1 N–H and O–H groups in total. The number of rotatable bonds is 4. The van der Waals surface area contributed by atoms with E-state index in [1.165, 1.54) is 19.2 Å². The maximum Gasteiger partial charge on any atom is 0.123 e. The zero-order chi connectivity index (χ0) is 15.7. The van der Waals surface area contributed by atoms with Gasteiger partial charge in [0.25, 0.3) is 0 Å². The number of oxime groups is 1. The number of ether oxygens (including phenoxy) is 1. The van der Waals surface area contributed by atoms with Crippen LogP contribution >= 0.6 is 0 Å². The van der Waals surface area contributed by atoms with Crippen LogP contribution in [0.1, 0.15) is 31.7 Å². The van der Waals surface area contributed by atoms with E-state index in [1.807, 2.05) is 6.92 Å². The average molecular weight is 305 g/mol. The van der Waals surface area contributed by atoms with E-state index in [1.54, 1.807) is 12.1 Å². The number of fused-ring (bicyclic) bond motifs is 2. The van der Waals surface area contributed by atoms with Gasteiger partial charge in [-0.3, -0.25) is 0 Å². The molecule has 0 aliphatic carbocycles. The van der Waals surface area contributed by atoms with Gasteiger partial charge in [-0.25, -0.2) is 4.39 Å². The Morgan fingerprint density at radius 1 is 1.41 bits per heavy atom. The van der Waals surface area contributed by atoms with Crippen LogP contribution in [0, 0.1) is 5.82 Å². The van der Waals surface area contributed by atoms with Gasteiger partial charge in [0.05, 0.1) is 17.9 Å². The highest BCUT2D eigenvalue weighted by atomic mass is 19.1. The van der Waals surface area contributed by atoms with Crippen molar-refractivity contribution in [2.45, 2.75) is 44.5 Å². The molecule has 1 fully saturated rings. The van der Waals surface area contributed by atoms with E-state index >= 15 is 0 Å². The fourth-order valence-electron chi connectivity index (χ4n) is 3.32. The average Bonchev–Trinajstić information content (AvgIpc) is 2.81. The monoisotopic (exact) mass is 305 g/mol. The van der Waals surface area contributed by atoms with E-state index in [-0.39, 0.29) is 18.0 Å². The lowest BCUT2D eigenvalue weighted by molar-refractivity contribution is 0.0313. The predicted octanol–water partition coefficient (Wildman–Crippen LogP) is 2.91. The van der Waals surface area contributed by atoms with E-state index in [2.05, 4.69) is 5.16 Å². The number of halogens is 1. The largest absolute Gasteiger partial charge is 0.399 e. The molecule has 0 spiro atoms. The van der Waals surface area contributed by atoms with Crippen molar-refractivity contribution in [2.75, 3.05) is 7.11 Å². The fourth-order valence-corrected chi connectivity index (χ4v) is 3.32. The Kier molecular flexibility index (Phi) is 4.27. The number of hydrogen-bond acceptors (Lipinski definition) is 4. The van der Waals surface area contributed by atoms with Crippen molar-refractivity contribution in [1.82, 2.24) is 0 Å². The van der Waals surface area contributed by atoms with Gasteiger partial charge in [0.15, 0.2) is 0 Å². The Balaban J connectivity index is 2.12. The molecule has 0 radical (unpaired) electrons. The van der Waals surface area contributed by atoms with Gasteiger partial charge in [-0.05, 0) is 36.1 Å². The first-order valence-corrected chi connectivity index (χ1v) is 7.57. The highest BCUT2D eigenvalue weighted by molar-refractivity contribution is 6.07. The standard InChI is InChI=1S/C17H20FNO3/c1-3-14(19-21-2)16-13(10-4-6-11(18)7-5-10)8-12-9-15(20)17(16)22-12/h4-7,12,15,17,20H,3,8-9H2,1-2H3. The van der Waals surface area contributed by atoms with Crippen LogP contribution in [0.2, 0.25) is 0 Å². The van der Waals surface area contributed by atoms with E-state index in [9.17, 15) is 9.50 Å². The molecule has 0 aromatic heterocycles. The molecule has 3 unspecified atom stereocenters. The number of hydrogen-bond donors (Lipinski definition) is 1. The first-order valence-electron chi connectivity index (χ1n) is 7.57. The fraction of sp³-hybridized carbons (Fsp3) is 0.471. The molecule has 3 atom stereocenters. The maximum atomic E-state index is 13.2. The van der Waals surface area contributed by atoms with E-state index < -0.39 is 6.10 Å². The van der Waals surface area contributed by atoms with Crippen LogP contribution in [-0.4, -0.2) is 36.2 Å². The summed E-state index contributed by atoms with van der Waals surface area (Å²) in [5, 5.41) is 14.4. The Labute approximate surface area is 129 Å². The number of aliphatic hydroxyl groups is 1. The molecule has 4 nitrogen and oxygen atoms in total. The highest BCUT2D eigenvalue weighted by Gasteiger charge is 2.43. The molecule has 2 aliphatic heterocycles. The lowest BCUT2D eigenvalue weighted by Gasteiger charge is -2.28. The van der Waals surface area contributed by atoms with Gasteiger partial charge in [-0.15, -0.1) is 0 Å². The van der Waals surface area contributed by atoms with Crippen LogP contribution < -0.4 is 0 Å². The summed E-state index contributed by atoms with van der Waals surface area (Å²) in [6, 6.07) is 6.43. The first kappa shape index (κ1) is 15.2. The second-order valence-electron chi connectivity index (χ2n) is 5.66. The summed E-state index contributed by atoms with van der Waals surface area (Å²) in [6.07, 6.45) is 1.06. The van der Waals surface area contributed by atoms with Crippen LogP contribution in [0.4, 0.5) is 4.39 Å². The smallest absolute Gasteiger partial charge is 0.123 e. The normalized spacial score (nSPS) is 28.2.